The van der Waals surface area contributed by atoms with Gasteiger partial charge in [-0.2, -0.15) is 4.31 Å². The Morgan fingerprint density at radius 1 is 1.15 bits per heavy atom. The Kier molecular flexibility index (Phi) is 6.18. The van der Waals surface area contributed by atoms with Crippen molar-refractivity contribution in [2.24, 2.45) is 0 Å². The molecule has 1 N–H and O–H groups in total. The van der Waals surface area contributed by atoms with Crippen LogP contribution in [0.3, 0.4) is 0 Å². The van der Waals surface area contributed by atoms with Gasteiger partial charge in [0.1, 0.15) is 10.7 Å². The van der Waals surface area contributed by atoms with Crippen molar-refractivity contribution >= 4 is 15.9 Å². The summed E-state index contributed by atoms with van der Waals surface area (Å²) in [5, 5.41) is 2.72. The van der Waals surface area contributed by atoms with Gasteiger partial charge in [0.25, 0.3) is 5.91 Å². The van der Waals surface area contributed by atoms with E-state index in [4.69, 9.17) is 0 Å². The summed E-state index contributed by atoms with van der Waals surface area (Å²) in [6, 6.07) is 8.97. The number of nitrogens with one attached hydrogen (secondary N) is 1. The zero-order chi connectivity index (χ0) is 19.3. The predicted molar refractivity (Wildman–Crippen MR) is 99.3 cm³/mol. The summed E-state index contributed by atoms with van der Waals surface area (Å²) in [5.74, 6) is -1.29. The predicted octanol–water partition coefficient (Wildman–Crippen LogP) is 2.37. The molecule has 6 nitrogen and oxygen atoms in total. The van der Waals surface area contributed by atoms with Gasteiger partial charge in [0.05, 0.1) is 0 Å². The molecule has 0 radical (unpaired) electrons. The van der Waals surface area contributed by atoms with E-state index >= 15 is 0 Å². The van der Waals surface area contributed by atoms with Gasteiger partial charge in [-0.25, -0.2) is 12.8 Å². The molecule has 1 aliphatic heterocycles. The van der Waals surface area contributed by atoms with Gasteiger partial charge >= 0.3 is 0 Å². The molecule has 0 atom stereocenters. The van der Waals surface area contributed by atoms with Gasteiger partial charge in [-0.15, -0.1) is 0 Å². The second-order valence-corrected chi connectivity index (χ2v) is 8.34. The third-order valence-corrected chi connectivity index (χ3v) is 6.43. The van der Waals surface area contributed by atoms with Crippen molar-refractivity contribution in [1.29, 1.82) is 0 Å². The number of amides is 1. The molecule has 1 saturated heterocycles. The Hall–Kier alpha value is -2.32. The van der Waals surface area contributed by atoms with Gasteiger partial charge in [0, 0.05) is 43.5 Å². The molecule has 1 fully saturated rings. The van der Waals surface area contributed by atoms with Crippen molar-refractivity contribution in [1.82, 2.24) is 14.6 Å². The quantitative estimate of drug-likeness (QED) is 0.820. The molecule has 3 rings (SSSR count). The highest BCUT2D eigenvalue weighted by Crippen LogP contribution is 2.24. The number of halogens is 1. The average Bonchev–Trinajstić information content (AvgIpc) is 2.69. The lowest BCUT2D eigenvalue weighted by Gasteiger charge is -2.26. The van der Waals surface area contributed by atoms with Crippen LogP contribution in [0.1, 0.15) is 35.3 Å². The summed E-state index contributed by atoms with van der Waals surface area (Å²) in [6.45, 7) is 1.10. The molecule has 1 amide bonds. The largest absolute Gasteiger partial charge is 0.352 e. The molecule has 144 valence electrons. The molecule has 2 heterocycles. The van der Waals surface area contributed by atoms with Crippen molar-refractivity contribution in [3.63, 3.8) is 0 Å². The van der Waals surface area contributed by atoms with Crippen LogP contribution in [0.25, 0.3) is 0 Å². The van der Waals surface area contributed by atoms with Gasteiger partial charge in [-0.05, 0) is 43.2 Å². The number of hydrogen-bond donors (Lipinski definition) is 1. The smallest absolute Gasteiger partial charge is 0.251 e. The molecule has 0 spiro atoms. The third-order valence-electron chi connectivity index (χ3n) is 4.52. The molecule has 0 aliphatic carbocycles. The van der Waals surface area contributed by atoms with Gasteiger partial charge in [-0.3, -0.25) is 9.78 Å². The van der Waals surface area contributed by atoms with Crippen LogP contribution in [0.2, 0.25) is 0 Å². The average molecular weight is 391 g/mol. The Morgan fingerprint density at radius 2 is 1.93 bits per heavy atom. The molecule has 27 heavy (non-hydrogen) atoms. The minimum Gasteiger partial charge on any atom is -0.352 e. The zero-order valence-electron chi connectivity index (χ0n) is 14.9. The number of hydrogen-bond acceptors (Lipinski definition) is 4. The lowest BCUT2D eigenvalue weighted by molar-refractivity contribution is 0.0953. The first-order valence-electron chi connectivity index (χ1n) is 8.96. The van der Waals surface area contributed by atoms with Crippen molar-refractivity contribution in [2.45, 2.75) is 30.6 Å². The fraction of sp³-hybridized carbons (Fsp3) is 0.368. The van der Waals surface area contributed by atoms with Crippen LogP contribution >= 0.6 is 0 Å². The van der Waals surface area contributed by atoms with Crippen molar-refractivity contribution in [3.8, 4) is 0 Å². The molecule has 8 heteroatoms. The van der Waals surface area contributed by atoms with Gasteiger partial charge in [-0.1, -0.05) is 12.5 Å². The molecule has 2 aromatic rings. The van der Waals surface area contributed by atoms with E-state index in [1.807, 2.05) is 18.2 Å². The second kappa shape index (κ2) is 8.58. The van der Waals surface area contributed by atoms with Crippen LogP contribution in [0.15, 0.2) is 47.5 Å². The maximum atomic E-state index is 14.2. The van der Waals surface area contributed by atoms with Crippen LogP contribution in [0.4, 0.5) is 4.39 Å². The number of pyridine rings is 1. The van der Waals surface area contributed by atoms with E-state index < -0.39 is 26.6 Å². The first kappa shape index (κ1) is 19.4. The fourth-order valence-corrected chi connectivity index (χ4v) is 4.65. The van der Waals surface area contributed by atoms with E-state index in [1.54, 1.807) is 6.20 Å². The number of rotatable bonds is 6. The first-order chi connectivity index (χ1) is 13.0. The third kappa shape index (κ3) is 4.70. The molecular weight excluding hydrogens is 369 g/mol. The maximum absolute atomic E-state index is 14.2. The van der Waals surface area contributed by atoms with Crippen molar-refractivity contribution in [3.05, 3.63) is 59.7 Å². The minimum absolute atomic E-state index is 0.119. The summed E-state index contributed by atoms with van der Waals surface area (Å²) in [7, 11) is -3.94. The highest BCUT2D eigenvalue weighted by Gasteiger charge is 2.29. The number of carbonyl (C=O) groups is 1. The van der Waals surface area contributed by atoms with E-state index in [1.165, 1.54) is 10.4 Å². The minimum atomic E-state index is -3.94. The highest BCUT2D eigenvalue weighted by atomic mass is 32.2. The van der Waals surface area contributed by atoms with Crippen molar-refractivity contribution in [2.75, 3.05) is 19.6 Å². The van der Waals surface area contributed by atoms with Gasteiger partial charge < -0.3 is 5.32 Å². The van der Waals surface area contributed by atoms with Crippen LogP contribution in [-0.2, 0) is 16.4 Å². The second-order valence-electron chi connectivity index (χ2n) is 6.44. The van der Waals surface area contributed by atoms with E-state index in [9.17, 15) is 17.6 Å². The van der Waals surface area contributed by atoms with Crippen LogP contribution in [-0.4, -0.2) is 43.2 Å². The summed E-state index contributed by atoms with van der Waals surface area (Å²) in [6.07, 6.45) is 4.71. The van der Waals surface area contributed by atoms with Crippen molar-refractivity contribution < 1.29 is 17.6 Å². The topological polar surface area (TPSA) is 79.4 Å². The SMILES string of the molecule is O=C(NCCc1ccccn1)c1ccc(F)c(S(=O)(=O)N2CCCCC2)c1. The molecule has 1 aromatic carbocycles. The van der Waals surface area contributed by atoms with E-state index in [0.29, 0.717) is 26.1 Å². The van der Waals surface area contributed by atoms with Gasteiger partial charge in [0.15, 0.2) is 0 Å². The summed E-state index contributed by atoms with van der Waals surface area (Å²) < 4.78 is 41.0. The molecule has 1 aliphatic rings. The Labute approximate surface area is 158 Å². The van der Waals surface area contributed by atoms with E-state index in [-0.39, 0.29) is 5.56 Å². The summed E-state index contributed by atoms with van der Waals surface area (Å²) in [4.78, 5) is 16.1. The fourth-order valence-electron chi connectivity index (χ4n) is 3.04. The van der Waals surface area contributed by atoms with Gasteiger partial charge in [0.2, 0.25) is 10.0 Å². The summed E-state index contributed by atoms with van der Waals surface area (Å²) >= 11 is 0. The lowest BCUT2D eigenvalue weighted by Crippen LogP contribution is -2.36. The molecular formula is C19H22FN3O3S. The molecule has 0 saturated carbocycles. The Morgan fingerprint density at radius 3 is 2.63 bits per heavy atom. The molecule has 0 unspecified atom stereocenters. The lowest BCUT2D eigenvalue weighted by atomic mass is 10.2. The monoisotopic (exact) mass is 391 g/mol. The first-order valence-corrected chi connectivity index (χ1v) is 10.4. The number of aromatic nitrogens is 1. The van der Waals surface area contributed by atoms with Crippen LogP contribution < -0.4 is 5.32 Å². The van der Waals surface area contributed by atoms with E-state index in [0.717, 1.165) is 37.1 Å². The van der Waals surface area contributed by atoms with E-state index in [2.05, 4.69) is 10.3 Å². The number of carbonyl (C=O) groups excluding carboxylic acids is 1. The Balaban J connectivity index is 1.71. The summed E-state index contributed by atoms with van der Waals surface area (Å²) in [5.41, 5.74) is 0.957. The van der Waals surface area contributed by atoms with Crippen LogP contribution in [0.5, 0.6) is 0 Å². The molecule has 1 aromatic heterocycles. The number of nitrogens with zero attached hydrogens (tertiary/aromatic N) is 2. The molecule has 0 bridgehead atoms. The maximum Gasteiger partial charge on any atom is 0.251 e. The highest BCUT2D eigenvalue weighted by molar-refractivity contribution is 7.89. The normalized spacial score (nSPS) is 15.4. The van der Waals surface area contributed by atoms with Crippen LogP contribution in [0, 0.1) is 5.82 Å². The Bertz CT molecular complexity index is 898. The number of benzene rings is 1. The number of piperidine rings is 1. The number of sulfonamides is 1. The standard InChI is InChI=1S/C19H22FN3O3S/c20-17-8-7-15(19(24)22-11-9-16-6-2-3-10-21-16)14-18(17)27(25,26)23-12-4-1-5-13-23/h2-3,6-8,10,14H,1,4-5,9,11-13H2,(H,22,24). The zero-order valence-corrected chi connectivity index (χ0v) is 15.7.